The molecule has 6 nitrogen and oxygen atoms in total. The third-order valence-corrected chi connectivity index (χ3v) is 5.46. The quantitative estimate of drug-likeness (QED) is 0.276. The number of methoxy groups -OCH3 is 1. The average molecular weight is 452 g/mol. The van der Waals surface area contributed by atoms with Crippen molar-refractivity contribution in [2.24, 2.45) is 0 Å². The molecular formula is C28H25N3O3. The van der Waals surface area contributed by atoms with Crippen molar-refractivity contribution in [1.29, 1.82) is 5.26 Å². The number of nitriles is 1. The highest BCUT2D eigenvalue weighted by Crippen LogP contribution is 2.29. The van der Waals surface area contributed by atoms with Crippen molar-refractivity contribution in [2.45, 2.75) is 13.0 Å². The number of aromatic amines is 1. The van der Waals surface area contributed by atoms with Gasteiger partial charge in [0.25, 0.3) is 5.91 Å². The zero-order valence-electron chi connectivity index (χ0n) is 18.9. The van der Waals surface area contributed by atoms with Crippen molar-refractivity contribution in [3.63, 3.8) is 0 Å². The molecule has 4 rings (SSSR count). The first-order valence-corrected chi connectivity index (χ1v) is 11.0. The number of H-pyrrole nitrogens is 1. The van der Waals surface area contributed by atoms with Gasteiger partial charge in [0, 0.05) is 23.6 Å². The van der Waals surface area contributed by atoms with Crippen LogP contribution in [0.3, 0.4) is 0 Å². The monoisotopic (exact) mass is 451 g/mol. The molecule has 0 aliphatic heterocycles. The van der Waals surface area contributed by atoms with Gasteiger partial charge in [-0.15, -0.1) is 0 Å². The van der Waals surface area contributed by atoms with Gasteiger partial charge < -0.3 is 19.8 Å². The summed E-state index contributed by atoms with van der Waals surface area (Å²) in [5.41, 5.74) is 3.91. The van der Waals surface area contributed by atoms with E-state index >= 15 is 0 Å². The molecule has 0 unspecified atom stereocenters. The van der Waals surface area contributed by atoms with Crippen LogP contribution in [0.4, 0.5) is 0 Å². The Kier molecular flexibility index (Phi) is 7.26. The standard InChI is InChI=1S/C28H25N3O3/c1-33-26-12-11-21(16-27(26)34-19-20-7-3-2-4-8-20)15-23(17-29)28(32)30-14-13-22-18-31-25-10-6-5-9-24(22)25/h2-12,15-16,18,31H,13-14,19H2,1H3,(H,30,32)/b23-15-. The molecule has 34 heavy (non-hydrogen) atoms. The number of nitrogens with one attached hydrogen (secondary N) is 2. The Morgan fingerprint density at radius 3 is 2.65 bits per heavy atom. The largest absolute Gasteiger partial charge is 0.493 e. The van der Waals surface area contributed by atoms with Gasteiger partial charge in [-0.25, -0.2) is 0 Å². The molecule has 6 heteroatoms. The number of hydrogen-bond donors (Lipinski definition) is 2. The minimum Gasteiger partial charge on any atom is -0.493 e. The minimum absolute atomic E-state index is 0.0260. The number of amides is 1. The van der Waals surface area contributed by atoms with Crippen molar-refractivity contribution in [3.8, 4) is 17.6 Å². The molecule has 0 bridgehead atoms. The van der Waals surface area contributed by atoms with Gasteiger partial charge in [0.15, 0.2) is 11.5 Å². The number of aromatic nitrogens is 1. The number of para-hydroxylation sites is 1. The van der Waals surface area contributed by atoms with Gasteiger partial charge in [0.1, 0.15) is 18.2 Å². The van der Waals surface area contributed by atoms with Crippen molar-refractivity contribution in [3.05, 3.63) is 101 Å². The Bertz CT molecular complexity index is 1350. The van der Waals surface area contributed by atoms with E-state index in [1.54, 1.807) is 31.4 Å². The summed E-state index contributed by atoms with van der Waals surface area (Å²) in [6, 6.07) is 25.1. The van der Waals surface area contributed by atoms with E-state index in [0.29, 0.717) is 36.6 Å². The summed E-state index contributed by atoms with van der Waals surface area (Å²) < 4.78 is 11.3. The first-order valence-electron chi connectivity index (χ1n) is 11.0. The first-order chi connectivity index (χ1) is 16.7. The van der Waals surface area contributed by atoms with Gasteiger partial charge in [0.05, 0.1) is 7.11 Å². The second kappa shape index (κ2) is 10.9. The van der Waals surface area contributed by atoms with Crippen LogP contribution < -0.4 is 14.8 Å². The Hall–Kier alpha value is -4.50. The first kappa shape index (κ1) is 22.7. The van der Waals surface area contributed by atoms with Crippen LogP contribution in [-0.4, -0.2) is 24.5 Å². The maximum absolute atomic E-state index is 12.6. The van der Waals surface area contributed by atoms with E-state index in [-0.39, 0.29) is 5.57 Å². The Morgan fingerprint density at radius 2 is 1.85 bits per heavy atom. The number of hydrogen-bond acceptors (Lipinski definition) is 4. The molecule has 170 valence electrons. The summed E-state index contributed by atoms with van der Waals surface area (Å²) in [4.78, 5) is 15.9. The van der Waals surface area contributed by atoms with E-state index in [9.17, 15) is 10.1 Å². The number of ether oxygens (including phenoxy) is 2. The van der Waals surface area contributed by atoms with Crippen molar-refractivity contribution in [2.75, 3.05) is 13.7 Å². The number of rotatable bonds is 9. The Balaban J connectivity index is 1.42. The van der Waals surface area contributed by atoms with E-state index in [1.807, 2.05) is 66.9 Å². The van der Waals surface area contributed by atoms with E-state index in [0.717, 1.165) is 22.0 Å². The van der Waals surface area contributed by atoms with Gasteiger partial charge in [-0.3, -0.25) is 4.79 Å². The highest BCUT2D eigenvalue weighted by atomic mass is 16.5. The van der Waals surface area contributed by atoms with Crippen molar-refractivity contribution >= 4 is 22.9 Å². The molecule has 2 N–H and O–H groups in total. The fourth-order valence-corrected chi connectivity index (χ4v) is 3.69. The highest BCUT2D eigenvalue weighted by Gasteiger charge is 2.11. The lowest BCUT2D eigenvalue weighted by molar-refractivity contribution is -0.117. The maximum Gasteiger partial charge on any atom is 0.261 e. The molecule has 1 amide bonds. The molecule has 0 saturated heterocycles. The van der Waals surface area contributed by atoms with Crippen LogP contribution in [0, 0.1) is 11.3 Å². The summed E-state index contributed by atoms with van der Waals surface area (Å²) in [5.74, 6) is 0.705. The summed E-state index contributed by atoms with van der Waals surface area (Å²) in [5, 5.41) is 13.5. The van der Waals surface area contributed by atoms with Crippen LogP contribution in [0.2, 0.25) is 0 Å². The molecule has 1 heterocycles. The predicted octanol–water partition coefficient (Wildman–Crippen LogP) is 5.02. The Labute approximate surface area is 198 Å². The van der Waals surface area contributed by atoms with Crippen LogP contribution in [0.25, 0.3) is 17.0 Å². The topological polar surface area (TPSA) is 87.1 Å². The van der Waals surface area contributed by atoms with Crippen molar-refractivity contribution < 1.29 is 14.3 Å². The second-order valence-corrected chi connectivity index (χ2v) is 7.72. The third kappa shape index (κ3) is 5.45. The van der Waals surface area contributed by atoms with Gasteiger partial charge in [-0.2, -0.15) is 5.26 Å². The molecule has 0 fully saturated rings. The van der Waals surface area contributed by atoms with Crippen LogP contribution >= 0.6 is 0 Å². The third-order valence-electron chi connectivity index (χ3n) is 5.46. The van der Waals surface area contributed by atoms with Crippen LogP contribution in [0.15, 0.2) is 84.6 Å². The van der Waals surface area contributed by atoms with Gasteiger partial charge in [0.2, 0.25) is 0 Å². The molecule has 3 aromatic carbocycles. The summed E-state index contributed by atoms with van der Waals surface area (Å²) in [6.07, 6.45) is 4.16. The number of carbonyl (C=O) groups is 1. The fraction of sp³-hybridized carbons (Fsp3) is 0.143. The van der Waals surface area contributed by atoms with Crippen LogP contribution in [-0.2, 0) is 17.8 Å². The summed E-state index contributed by atoms with van der Waals surface area (Å²) in [6.45, 7) is 0.803. The van der Waals surface area contributed by atoms with Gasteiger partial charge >= 0.3 is 0 Å². The normalized spacial score (nSPS) is 11.1. The predicted molar refractivity (Wildman–Crippen MR) is 132 cm³/mol. The van der Waals surface area contributed by atoms with E-state index in [2.05, 4.69) is 10.3 Å². The Morgan fingerprint density at radius 1 is 1.06 bits per heavy atom. The lowest BCUT2D eigenvalue weighted by Gasteiger charge is -2.12. The molecule has 0 aliphatic rings. The van der Waals surface area contributed by atoms with Crippen molar-refractivity contribution in [1.82, 2.24) is 10.3 Å². The number of benzene rings is 3. The number of carbonyl (C=O) groups excluding carboxylic acids is 1. The minimum atomic E-state index is -0.412. The SMILES string of the molecule is COc1ccc(/C=C(/C#N)C(=O)NCCc2c[nH]c3ccccc23)cc1OCc1ccccc1. The van der Waals surface area contributed by atoms with Crippen LogP contribution in [0.1, 0.15) is 16.7 Å². The fourth-order valence-electron chi connectivity index (χ4n) is 3.69. The number of fused-ring (bicyclic) bond motifs is 1. The lowest BCUT2D eigenvalue weighted by atomic mass is 10.1. The lowest BCUT2D eigenvalue weighted by Crippen LogP contribution is -2.26. The van der Waals surface area contributed by atoms with Gasteiger partial charge in [-0.1, -0.05) is 54.6 Å². The molecule has 1 aromatic heterocycles. The second-order valence-electron chi connectivity index (χ2n) is 7.72. The van der Waals surface area contributed by atoms with E-state index < -0.39 is 5.91 Å². The highest BCUT2D eigenvalue weighted by molar-refractivity contribution is 6.01. The number of nitrogens with zero attached hydrogens (tertiary/aromatic N) is 1. The smallest absolute Gasteiger partial charge is 0.261 e. The average Bonchev–Trinajstić information content (AvgIpc) is 3.29. The zero-order chi connectivity index (χ0) is 23.8. The van der Waals surface area contributed by atoms with E-state index in [1.165, 1.54) is 0 Å². The summed E-state index contributed by atoms with van der Waals surface area (Å²) >= 11 is 0. The molecule has 0 saturated carbocycles. The van der Waals surface area contributed by atoms with E-state index in [4.69, 9.17) is 9.47 Å². The molecule has 0 spiro atoms. The molecular weight excluding hydrogens is 426 g/mol. The summed E-state index contributed by atoms with van der Waals surface area (Å²) in [7, 11) is 1.57. The zero-order valence-corrected chi connectivity index (χ0v) is 18.9. The van der Waals surface area contributed by atoms with Gasteiger partial charge in [-0.05, 0) is 47.4 Å². The molecule has 0 atom stereocenters. The van der Waals surface area contributed by atoms with Crippen LogP contribution in [0.5, 0.6) is 11.5 Å². The molecule has 0 radical (unpaired) electrons. The molecule has 4 aromatic rings. The maximum atomic E-state index is 12.6. The molecule has 0 aliphatic carbocycles.